The van der Waals surface area contributed by atoms with Crippen molar-refractivity contribution in [3.63, 3.8) is 0 Å². The second kappa shape index (κ2) is 9.73. The van der Waals surface area contributed by atoms with E-state index in [1.54, 1.807) is 4.90 Å². The Morgan fingerprint density at radius 3 is 2.55 bits per heavy atom. The van der Waals surface area contributed by atoms with Gasteiger partial charge in [-0.1, -0.05) is 54.6 Å². The first kappa shape index (κ1) is 22.3. The normalized spacial score (nSPS) is 15.9. The Bertz CT molecular complexity index is 1150. The second-order valence-corrected chi connectivity index (χ2v) is 7.87. The molecule has 1 N–H and O–H groups in total. The SMILES string of the molecule is C[C@@H](Oc1ccc(F)cc1[C@@H]1c2ccccc2CCN1C(=O)OCc1ccccc1)C(=O)O. The number of amides is 1. The Morgan fingerprint density at radius 2 is 1.79 bits per heavy atom. The van der Waals surface area contributed by atoms with Crippen LogP contribution < -0.4 is 4.74 Å². The topological polar surface area (TPSA) is 76.1 Å². The number of hydrogen-bond acceptors (Lipinski definition) is 4. The summed E-state index contributed by atoms with van der Waals surface area (Å²) in [5.74, 6) is -1.46. The molecule has 0 bridgehead atoms. The first-order valence-corrected chi connectivity index (χ1v) is 10.7. The summed E-state index contributed by atoms with van der Waals surface area (Å²) >= 11 is 0. The molecule has 2 atom stereocenters. The van der Waals surface area contributed by atoms with Crippen LogP contribution in [0.5, 0.6) is 5.75 Å². The van der Waals surface area contributed by atoms with E-state index in [2.05, 4.69) is 0 Å². The van der Waals surface area contributed by atoms with E-state index in [0.717, 1.165) is 16.7 Å². The molecule has 0 fully saturated rings. The highest BCUT2D eigenvalue weighted by Crippen LogP contribution is 2.40. The highest BCUT2D eigenvalue weighted by molar-refractivity contribution is 5.73. The first-order valence-electron chi connectivity index (χ1n) is 10.7. The number of halogens is 1. The molecule has 1 aliphatic heterocycles. The monoisotopic (exact) mass is 449 g/mol. The summed E-state index contributed by atoms with van der Waals surface area (Å²) < 4.78 is 25.6. The fraction of sp³-hybridized carbons (Fsp3) is 0.231. The van der Waals surface area contributed by atoms with Crippen LogP contribution in [0.4, 0.5) is 9.18 Å². The fourth-order valence-electron chi connectivity index (χ4n) is 3.98. The smallest absolute Gasteiger partial charge is 0.410 e. The van der Waals surface area contributed by atoms with E-state index < -0.39 is 30.0 Å². The molecule has 0 unspecified atom stereocenters. The highest BCUT2D eigenvalue weighted by Gasteiger charge is 2.35. The van der Waals surface area contributed by atoms with Gasteiger partial charge in [-0.15, -0.1) is 0 Å². The largest absolute Gasteiger partial charge is 0.479 e. The number of hydrogen-bond donors (Lipinski definition) is 1. The van der Waals surface area contributed by atoms with Crippen LogP contribution in [0.25, 0.3) is 0 Å². The lowest BCUT2D eigenvalue weighted by molar-refractivity contribution is -0.144. The zero-order valence-electron chi connectivity index (χ0n) is 18.1. The van der Waals surface area contributed by atoms with Gasteiger partial charge in [-0.2, -0.15) is 0 Å². The molecule has 0 spiro atoms. The van der Waals surface area contributed by atoms with Crippen LogP contribution in [0, 0.1) is 5.82 Å². The average Bonchev–Trinajstić information content (AvgIpc) is 2.83. The van der Waals surface area contributed by atoms with Crippen LogP contribution in [-0.4, -0.2) is 34.7 Å². The van der Waals surface area contributed by atoms with Gasteiger partial charge in [0, 0.05) is 12.1 Å². The van der Waals surface area contributed by atoms with Crippen molar-refractivity contribution >= 4 is 12.1 Å². The third-order valence-electron chi connectivity index (χ3n) is 5.64. The molecule has 1 amide bonds. The van der Waals surface area contributed by atoms with Gasteiger partial charge in [-0.25, -0.2) is 14.0 Å². The summed E-state index contributed by atoms with van der Waals surface area (Å²) in [5, 5.41) is 9.29. The standard InChI is InChI=1S/C26H24FNO5/c1-17(25(29)30)33-23-12-11-20(27)15-22(23)24-21-10-6-5-9-19(21)13-14-28(24)26(31)32-16-18-7-3-2-4-8-18/h2-12,15,17,24H,13-14,16H2,1H3,(H,29,30)/t17-,24+/m1/s1. The van der Waals surface area contributed by atoms with Crippen LogP contribution >= 0.6 is 0 Å². The summed E-state index contributed by atoms with van der Waals surface area (Å²) in [7, 11) is 0. The molecule has 3 aromatic carbocycles. The van der Waals surface area contributed by atoms with Crippen molar-refractivity contribution in [2.45, 2.75) is 32.1 Å². The molecule has 0 saturated carbocycles. The van der Waals surface area contributed by atoms with Crippen molar-refractivity contribution in [1.29, 1.82) is 0 Å². The summed E-state index contributed by atoms with van der Waals surface area (Å²) in [6.07, 6.45) is -1.07. The summed E-state index contributed by atoms with van der Waals surface area (Å²) in [5.41, 5.74) is 3.06. The van der Waals surface area contributed by atoms with Gasteiger partial charge in [-0.05, 0) is 48.2 Å². The summed E-state index contributed by atoms with van der Waals surface area (Å²) in [4.78, 5) is 26.1. The molecular weight excluding hydrogens is 425 g/mol. The number of fused-ring (bicyclic) bond motifs is 1. The number of carbonyl (C=O) groups excluding carboxylic acids is 1. The number of nitrogens with zero attached hydrogens (tertiary/aromatic N) is 1. The van der Waals surface area contributed by atoms with Crippen LogP contribution in [0.3, 0.4) is 0 Å². The van der Waals surface area contributed by atoms with E-state index in [1.165, 1.54) is 25.1 Å². The minimum Gasteiger partial charge on any atom is -0.479 e. The van der Waals surface area contributed by atoms with Gasteiger partial charge in [0.1, 0.15) is 18.2 Å². The maximum absolute atomic E-state index is 14.4. The molecule has 4 rings (SSSR count). The van der Waals surface area contributed by atoms with Gasteiger partial charge in [-0.3, -0.25) is 4.90 Å². The maximum Gasteiger partial charge on any atom is 0.410 e. The number of carboxylic acids is 1. The number of aliphatic carboxylic acids is 1. The van der Waals surface area contributed by atoms with Gasteiger partial charge >= 0.3 is 12.1 Å². The van der Waals surface area contributed by atoms with Crippen LogP contribution in [0.15, 0.2) is 72.8 Å². The molecule has 6 nitrogen and oxygen atoms in total. The van der Waals surface area contributed by atoms with Crippen molar-refractivity contribution in [2.75, 3.05) is 6.54 Å². The van der Waals surface area contributed by atoms with Gasteiger partial charge in [0.05, 0.1) is 6.04 Å². The Hall–Kier alpha value is -3.87. The molecule has 1 aliphatic rings. The lowest BCUT2D eigenvalue weighted by atomic mass is 9.88. The Morgan fingerprint density at radius 1 is 1.06 bits per heavy atom. The lowest BCUT2D eigenvalue weighted by Crippen LogP contribution is -2.41. The van der Waals surface area contributed by atoms with E-state index in [-0.39, 0.29) is 12.4 Å². The zero-order valence-corrected chi connectivity index (χ0v) is 18.1. The molecule has 33 heavy (non-hydrogen) atoms. The molecule has 0 aliphatic carbocycles. The quantitative estimate of drug-likeness (QED) is 0.576. The predicted octanol–water partition coefficient (Wildman–Crippen LogP) is 4.96. The van der Waals surface area contributed by atoms with Gasteiger partial charge in [0.15, 0.2) is 6.10 Å². The van der Waals surface area contributed by atoms with E-state index in [4.69, 9.17) is 9.47 Å². The Labute approximate surface area is 191 Å². The van der Waals surface area contributed by atoms with E-state index in [1.807, 2.05) is 54.6 Å². The van der Waals surface area contributed by atoms with Crippen LogP contribution in [0.2, 0.25) is 0 Å². The number of carboxylic acid groups (broad SMARTS) is 1. The number of ether oxygens (including phenoxy) is 2. The van der Waals surface area contributed by atoms with Crippen LogP contribution in [0.1, 0.15) is 35.2 Å². The first-order chi connectivity index (χ1) is 15.9. The molecule has 170 valence electrons. The van der Waals surface area contributed by atoms with E-state index >= 15 is 0 Å². The van der Waals surface area contributed by atoms with Crippen molar-refractivity contribution in [3.8, 4) is 5.75 Å². The van der Waals surface area contributed by atoms with Crippen LogP contribution in [-0.2, 0) is 22.6 Å². The van der Waals surface area contributed by atoms with Crippen molar-refractivity contribution in [1.82, 2.24) is 4.90 Å². The van der Waals surface area contributed by atoms with E-state index in [0.29, 0.717) is 18.5 Å². The molecule has 3 aromatic rings. The van der Waals surface area contributed by atoms with Crippen molar-refractivity contribution < 1.29 is 28.6 Å². The molecule has 0 saturated heterocycles. The number of rotatable bonds is 6. The minimum absolute atomic E-state index is 0.104. The predicted molar refractivity (Wildman–Crippen MR) is 119 cm³/mol. The Kier molecular flexibility index (Phi) is 6.58. The number of carbonyl (C=O) groups is 2. The molecule has 7 heteroatoms. The third kappa shape index (κ3) is 4.98. The lowest BCUT2D eigenvalue weighted by Gasteiger charge is -2.37. The number of benzene rings is 3. The Balaban J connectivity index is 1.71. The fourth-order valence-corrected chi connectivity index (χ4v) is 3.98. The van der Waals surface area contributed by atoms with Gasteiger partial charge < -0.3 is 14.6 Å². The summed E-state index contributed by atoms with van der Waals surface area (Å²) in [6, 6.07) is 20.1. The zero-order chi connectivity index (χ0) is 23.4. The minimum atomic E-state index is -1.15. The van der Waals surface area contributed by atoms with Gasteiger partial charge in [0.25, 0.3) is 0 Å². The summed E-state index contributed by atoms with van der Waals surface area (Å²) in [6.45, 7) is 1.86. The third-order valence-corrected chi connectivity index (χ3v) is 5.64. The molecule has 0 radical (unpaired) electrons. The molecule has 0 aromatic heterocycles. The molecular formula is C26H24FNO5. The van der Waals surface area contributed by atoms with E-state index in [9.17, 15) is 19.1 Å². The second-order valence-electron chi connectivity index (χ2n) is 7.87. The van der Waals surface area contributed by atoms with Crippen molar-refractivity contribution in [3.05, 3.63) is 101 Å². The van der Waals surface area contributed by atoms with Gasteiger partial charge in [0.2, 0.25) is 0 Å². The average molecular weight is 449 g/mol. The van der Waals surface area contributed by atoms with Crippen molar-refractivity contribution in [2.24, 2.45) is 0 Å². The highest BCUT2D eigenvalue weighted by atomic mass is 19.1. The maximum atomic E-state index is 14.4. The molecule has 1 heterocycles.